The Balaban J connectivity index is 1.58. The lowest BCUT2D eigenvalue weighted by atomic mass is 10.0. The van der Waals surface area contributed by atoms with Crippen LogP contribution in [-0.2, 0) is 17.8 Å². The predicted molar refractivity (Wildman–Crippen MR) is 84.1 cm³/mol. The molecule has 1 fully saturated rings. The Bertz CT molecular complexity index is 582. The second-order valence-corrected chi connectivity index (χ2v) is 5.82. The van der Waals surface area contributed by atoms with E-state index in [0.29, 0.717) is 6.42 Å². The highest BCUT2D eigenvalue weighted by Crippen LogP contribution is 2.20. The van der Waals surface area contributed by atoms with Crippen molar-refractivity contribution >= 4 is 5.91 Å². The van der Waals surface area contributed by atoms with Gasteiger partial charge in [-0.1, -0.05) is 0 Å². The molecule has 0 aliphatic carbocycles. The second kappa shape index (κ2) is 7.20. The van der Waals surface area contributed by atoms with Crippen LogP contribution < -0.4 is 0 Å². The molecule has 0 spiro atoms. The van der Waals surface area contributed by atoms with Crippen LogP contribution in [0, 0.1) is 0 Å². The predicted octanol–water partition coefficient (Wildman–Crippen LogP) is 2.29. The molecule has 3 heterocycles. The number of likely N-dealkylation sites (tertiary alicyclic amines) is 1. The molecule has 2 aromatic heterocycles. The van der Waals surface area contributed by atoms with Gasteiger partial charge in [0.2, 0.25) is 5.91 Å². The van der Waals surface area contributed by atoms with Gasteiger partial charge in [0.05, 0.1) is 12.6 Å². The molecular formula is C17H22N4O. The first-order valence-electron chi connectivity index (χ1n) is 7.99. The number of carbonyl (C=O) groups excluding carboxylic acids is 1. The summed E-state index contributed by atoms with van der Waals surface area (Å²) in [4.78, 5) is 18.7. The number of pyridine rings is 1. The fourth-order valence-electron chi connectivity index (χ4n) is 3.09. The van der Waals surface area contributed by atoms with E-state index in [1.54, 1.807) is 18.6 Å². The Morgan fingerprint density at radius 1 is 1.23 bits per heavy atom. The highest BCUT2D eigenvalue weighted by molar-refractivity contribution is 5.76. The van der Waals surface area contributed by atoms with Gasteiger partial charge in [0.25, 0.3) is 0 Å². The molecule has 0 aromatic carbocycles. The van der Waals surface area contributed by atoms with Crippen LogP contribution in [-0.4, -0.2) is 38.2 Å². The normalized spacial score (nSPS) is 18.4. The van der Waals surface area contributed by atoms with Gasteiger partial charge in [-0.3, -0.25) is 14.5 Å². The fraction of sp³-hybridized carbons (Fsp3) is 0.471. The molecule has 1 saturated heterocycles. The molecule has 0 N–H and O–H groups in total. The van der Waals surface area contributed by atoms with Crippen LogP contribution in [0.2, 0.25) is 0 Å². The maximum atomic E-state index is 12.6. The van der Waals surface area contributed by atoms with Crippen LogP contribution in [0.5, 0.6) is 0 Å². The molecule has 116 valence electrons. The van der Waals surface area contributed by atoms with E-state index in [2.05, 4.69) is 15.0 Å². The summed E-state index contributed by atoms with van der Waals surface area (Å²) in [5, 5.41) is 4.27. The van der Waals surface area contributed by atoms with Gasteiger partial charge in [0.15, 0.2) is 0 Å². The van der Waals surface area contributed by atoms with E-state index in [9.17, 15) is 4.79 Å². The lowest BCUT2D eigenvalue weighted by molar-refractivity contribution is -0.135. The number of nitrogens with zero attached hydrogens (tertiary/aromatic N) is 4. The average molecular weight is 298 g/mol. The average Bonchev–Trinajstić information content (AvgIpc) is 3.07. The summed E-state index contributed by atoms with van der Waals surface area (Å²) in [6.07, 6.45) is 12.0. The third kappa shape index (κ3) is 3.72. The van der Waals surface area contributed by atoms with Crippen LogP contribution >= 0.6 is 0 Å². The molecule has 0 bridgehead atoms. The van der Waals surface area contributed by atoms with E-state index in [4.69, 9.17) is 0 Å². The Labute approximate surface area is 131 Å². The Morgan fingerprint density at radius 2 is 2.09 bits per heavy atom. The van der Waals surface area contributed by atoms with Crippen molar-refractivity contribution in [3.63, 3.8) is 0 Å². The minimum Gasteiger partial charge on any atom is -0.338 e. The number of carbonyl (C=O) groups is 1. The topological polar surface area (TPSA) is 51.0 Å². The molecular weight excluding hydrogens is 276 g/mol. The summed E-state index contributed by atoms with van der Waals surface area (Å²) in [5.74, 6) is 0.258. The highest BCUT2D eigenvalue weighted by Gasteiger charge is 2.26. The van der Waals surface area contributed by atoms with Crippen molar-refractivity contribution in [2.45, 2.75) is 44.7 Å². The fourth-order valence-corrected chi connectivity index (χ4v) is 3.09. The van der Waals surface area contributed by atoms with Crippen molar-refractivity contribution in [1.29, 1.82) is 0 Å². The van der Waals surface area contributed by atoms with Crippen LogP contribution in [0.15, 0.2) is 43.0 Å². The van der Waals surface area contributed by atoms with E-state index in [-0.39, 0.29) is 11.9 Å². The number of piperidine rings is 1. The number of hydrogen-bond donors (Lipinski definition) is 0. The Morgan fingerprint density at radius 3 is 2.86 bits per heavy atom. The van der Waals surface area contributed by atoms with Crippen LogP contribution in [0.3, 0.4) is 0 Å². The number of aromatic nitrogens is 3. The van der Waals surface area contributed by atoms with Crippen molar-refractivity contribution in [1.82, 2.24) is 19.7 Å². The van der Waals surface area contributed by atoms with E-state index >= 15 is 0 Å². The van der Waals surface area contributed by atoms with Crippen molar-refractivity contribution < 1.29 is 4.79 Å². The van der Waals surface area contributed by atoms with Gasteiger partial charge in [-0.2, -0.15) is 5.10 Å². The van der Waals surface area contributed by atoms with Gasteiger partial charge in [-0.15, -0.1) is 0 Å². The minimum atomic E-state index is 0.258. The quantitative estimate of drug-likeness (QED) is 0.851. The Kier molecular flexibility index (Phi) is 4.83. The largest absolute Gasteiger partial charge is 0.338 e. The molecule has 0 unspecified atom stereocenters. The van der Waals surface area contributed by atoms with E-state index < -0.39 is 0 Å². The molecule has 1 amide bonds. The van der Waals surface area contributed by atoms with Crippen LogP contribution in [0.25, 0.3) is 0 Å². The van der Waals surface area contributed by atoms with Crippen molar-refractivity contribution in [3.05, 3.63) is 48.5 Å². The molecule has 1 aliphatic heterocycles. The molecule has 0 saturated carbocycles. The van der Waals surface area contributed by atoms with Gasteiger partial charge in [0.1, 0.15) is 0 Å². The van der Waals surface area contributed by atoms with Crippen molar-refractivity contribution in [3.8, 4) is 0 Å². The molecule has 5 heteroatoms. The van der Waals surface area contributed by atoms with E-state index in [1.165, 1.54) is 12.0 Å². The van der Waals surface area contributed by atoms with Gasteiger partial charge in [0, 0.05) is 37.8 Å². The number of amides is 1. The monoisotopic (exact) mass is 298 g/mol. The molecule has 22 heavy (non-hydrogen) atoms. The van der Waals surface area contributed by atoms with Crippen LogP contribution in [0.1, 0.15) is 31.2 Å². The first kappa shape index (κ1) is 14.8. The van der Waals surface area contributed by atoms with E-state index in [0.717, 1.165) is 32.4 Å². The van der Waals surface area contributed by atoms with Crippen molar-refractivity contribution in [2.75, 3.05) is 6.54 Å². The second-order valence-electron chi connectivity index (χ2n) is 5.82. The zero-order valence-electron chi connectivity index (χ0n) is 12.8. The minimum absolute atomic E-state index is 0.258. The van der Waals surface area contributed by atoms with Gasteiger partial charge >= 0.3 is 0 Å². The summed E-state index contributed by atoms with van der Waals surface area (Å²) in [5.41, 5.74) is 1.17. The standard InChI is InChI=1S/C17H22N4O/c22-17(6-5-15-7-10-18-11-8-15)21-13-2-1-4-16(21)14-20-12-3-9-19-20/h3,7-12,16H,1-2,4-6,13-14H2/t16-/m1/s1. The highest BCUT2D eigenvalue weighted by atomic mass is 16.2. The summed E-state index contributed by atoms with van der Waals surface area (Å²) in [7, 11) is 0. The maximum absolute atomic E-state index is 12.6. The SMILES string of the molecule is O=C(CCc1ccncc1)N1CCCC[C@@H]1Cn1cccn1. The number of rotatable bonds is 5. The molecule has 1 atom stereocenters. The van der Waals surface area contributed by atoms with Crippen LogP contribution in [0.4, 0.5) is 0 Å². The summed E-state index contributed by atoms with van der Waals surface area (Å²) in [6.45, 7) is 1.68. The summed E-state index contributed by atoms with van der Waals surface area (Å²) < 4.78 is 1.93. The molecule has 3 rings (SSSR count). The third-order valence-electron chi connectivity index (χ3n) is 4.28. The first-order chi connectivity index (χ1) is 10.8. The first-order valence-corrected chi connectivity index (χ1v) is 7.99. The van der Waals surface area contributed by atoms with Crippen molar-refractivity contribution in [2.24, 2.45) is 0 Å². The lowest BCUT2D eigenvalue weighted by Crippen LogP contribution is -2.46. The zero-order valence-corrected chi connectivity index (χ0v) is 12.8. The smallest absolute Gasteiger partial charge is 0.223 e. The summed E-state index contributed by atoms with van der Waals surface area (Å²) in [6, 6.07) is 6.16. The Hall–Kier alpha value is -2.17. The maximum Gasteiger partial charge on any atom is 0.223 e. The third-order valence-corrected chi connectivity index (χ3v) is 4.28. The zero-order chi connectivity index (χ0) is 15.2. The van der Waals surface area contributed by atoms with Gasteiger partial charge in [-0.25, -0.2) is 0 Å². The van der Waals surface area contributed by atoms with Gasteiger partial charge < -0.3 is 4.90 Å². The molecule has 0 radical (unpaired) electrons. The lowest BCUT2D eigenvalue weighted by Gasteiger charge is -2.36. The van der Waals surface area contributed by atoms with E-state index in [1.807, 2.05) is 29.1 Å². The molecule has 5 nitrogen and oxygen atoms in total. The summed E-state index contributed by atoms with van der Waals surface area (Å²) >= 11 is 0. The van der Waals surface area contributed by atoms with Gasteiger partial charge in [-0.05, 0) is 49.4 Å². The number of aryl methyl sites for hydroxylation is 1. The molecule has 2 aromatic rings. The molecule has 1 aliphatic rings. The number of hydrogen-bond acceptors (Lipinski definition) is 3.